The van der Waals surface area contributed by atoms with Crippen LogP contribution in [0.15, 0.2) is 48.6 Å². The van der Waals surface area contributed by atoms with E-state index in [0.29, 0.717) is 6.61 Å². The summed E-state index contributed by atoms with van der Waals surface area (Å²) in [6, 6.07) is 0. The van der Waals surface area contributed by atoms with Gasteiger partial charge in [-0.3, -0.25) is 4.79 Å². The van der Waals surface area contributed by atoms with E-state index in [-0.39, 0.29) is 19.2 Å². The topological polar surface area (TPSA) is 55.8 Å². The molecular formula is C33H58O4. The molecule has 0 aliphatic heterocycles. The van der Waals surface area contributed by atoms with E-state index in [1.807, 2.05) is 0 Å². The lowest BCUT2D eigenvalue weighted by atomic mass is 10.0. The van der Waals surface area contributed by atoms with E-state index in [1.165, 1.54) is 90.4 Å². The van der Waals surface area contributed by atoms with Crippen LogP contribution in [-0.2, 0) is 14.3 Å². The maximum Gasteiger partial charge on any atom is 0.303 e. The molecule has 37 heavy (non-hydrogen) atoms. The predicted octanol–water partition coefficient (Wildman–Crippen LogP) is 9.19. The van der Waals surface area contributed by atoms with Crippen molar-refractivity contribution in [3.8, 4) is 0 Å². The number of rotatable bonds is 27. The Bertz CT molecular complexity index is 591. The van der Waals surface area contributed by atoms with Crippen molar-refractivity contribution in [1.29, 1.82) is 0 Å². The lowest BCUT2D eigenvalue weighted by Gasteiger charge is -2.14. The summed E-state index contributed by atoms with van der Waals surface area (Å²) in [7, 11) is 0. The molecular weight excluding hydrogens is 460 g/mol. The lowest BCUT2D eigenvalue weighted by Crippen LogP contribution is -2.26. The van der Waals surface area contributed by atoms with Crippen molar-refractivity contribution in [2.75, 3.05) is 19.8 Å². The smallest absolute Gasteiger partial charge is 0.303 e. The van der Waals surface area contributed by atoms with Crippen LogP contribution in [0.5, 0.6) is 0 Å². The minimum absolute atomic E-state index is 0.188. The molecule has 0 bridgehead atoms. The highest BCUT2D eigenvalue weighted by molar-refractivity contribution is 5.66. The van der Waals surface area contributed by atoms with Crippen LogP contribution < -0.4 is 0 Å². The van der Waals surface area contributed by atoms with Gasteiger partial charge in [0.05, 0.1) is 13.2 Å². The molecule has 214 valence electrons. The normalized spacial score (nSPS) is 13.1. The summed E-state index contributed by atoms with van der Waals surface area (Å²) in [5.74, 6) is -0.379. The minimum Gasteiger partial charge on any atom is -0.458 e. The van der Waals surface area contributed by atoms with Crippen molar-refractivity contribution in [1.82, 2.24) is 0 Å². The Morgan fingerprint density at radius 1 is 0.649 bits per heavy atom. The number of ether oxygens (including phenoxy) is 2. The van der Waals surface area contributed by atoms with E-state index >= 15 is 0 Å². The molecule has 0 aromatic carbocycles. The Morgan fingerprint density at radius 3 is 1.54 bits per heavy atom. The van der Waals surface area contributed by atoms with Gasteiger partial charge in [0.1, 0.15) is 6.10 Å². The summed E-state index contributed by atoms with van der Waals surface area (Å²) in [6.45, 7) is 4.27. The molecule has 0 amide bonds. The van der Waals surface area contributed by atoms with Gasteiger partial charge >= 0.3 is 5.97 Å². The van der Waals surface area contributed by atoms with Gasteiger partial charge in [0.2, 0.25) is 0 Å². The zero-order valence-electron chi connectivity index (χ0n) is 24.2. The van der Waals surface area contributed by atoms with E-state index in [2.05, 4.69) is 55.5 Å². The molecule has 0 aliphatic carbocycles. The highest BCUT2D eigenvalue weighted by Crippen LogP contribution is 2.13. The second-order valence-electron chi connectivity index (χ2n) is 9.87. The van der Waals surface area contributed by atoms with Gasteiger partial charge in [0.15, 0.2) is 0 Å². The predicted molar refractivity (Wildman–Crippen MR) is 159 cm³/mol. The van der Waals surface area contributed by atoms with Crippen LogP contribution in [0.25, 0.3) is 0 Å². The second-order valence-corrected chi connectivity index (χ2v) is 9.87. The van der Waals surface area contributed by atoms with Crippen LogP contribution in [0.4, 0.5) is 0 Å². The minimum atomic E-state index is -0.534. The molecule has 0 aromatic rings. The highest BCUT2D eigenvalue weighted by atomic mass is 16.6. The molecule has 0 aliphatic rings. The number of carbonyl (C=O) groups is 1. The van der Waals surface area contributed by atoms with Crippen LogP contribution in [0.1, 0.15) is 129 Å². The molecule has 0 saturated heterocycles. The second kappa shape index (κ2) is 30.6. The SMILES string of the molecule is CC/C=C\C/C=C\C/C=C\C/C=C\CCCCCCCCCCCCCCCOCC(CO)OC(C)=O. The van der Waals surface area contributed by atoms with Gasteiger partial charge in [-0.25, -0.2) is 0 Å². The number of esters is 1. The first kappa shape index (κ1) is 35.4. The fourth-order valence-corrected chi connectivity index (χ4v) is 4.08. The molecule has 0 spiro atoms. The summed E-state index contributed by atoms with van der Waals surface area (Å²) >= 11 is 0. The molecule has 1 unspecified atom stereocenters. The fraction of sp³-hybridized carbons (Fsp3) is 0.727. The number of aliphatic hydroxyl groups excluding tert-OH is 1. The Kier molecular flexibility index (Phi) is 29.2. The summed E-state index contributed by atoms with van der Waals surface area (Å²) < 4.78 is 10.4. The van der Waals surface area contributed by atoms with Gasteiger partial charge in [0.25, 0.3) is 0 Å². The average Bonchev–Trinajstić information content (AvgIpc) is 2.89. The molecule has 0 radical (unpaired) electrons. The number of hydrogen-bond acceptors (Lipinski definition) is 4. The first-order chi connectivity index (χ1) is 18.2. The van der Waals surface area contributed by atoms with Gasteiger partial charge in [0, 0.05) is 13.5 Å². The van der Waals surface area contributed by atoms with Crippen molar-refractivity contribution in [2.45, 2.75) is 136 Å². The molecule has 1 N–H and O–H groups in total. The Morgan fingerprint density at radius 2 is 1.08 bits per heavy atom. The fourth-order valence-electron chi connectivity index (χ4n) is 4.08. The van der Waals surface area contributed by atoms with Gasteiger partial charge in [-0.05, 0) is 44.9 Å². The lowest BCUT2D eigenvalue weighted by molar-refractivity contribution is -0.152. The Hall–Kier alpha value is -1.65. The van der Waals surface area contributed by atoms with Crippen LogP contribution in [0, 0.1) is 0 Å². The number of aliphatic hydroxyl groups is 1. The molecule has 0 rings (SSSR count). The van der Waals surface area contributed by atoms with Gasteiger partial charge in [-0.15, -0.1) is 0 Å². The van der Waals surface area contributed by atoms with Crippen LogP contribution in [-0.4, -0.2) is 37.0 Å². The van der Waals surface area contributed by atoms with Gasteiger partial charge in [-0.1, -0.05) is 126 Å². The van der Waals surface area contributed by atoms with Crippen molar-refractivity contribution >= 4 is 5.97 Å². The van der Waals surface area contributed by atoms with Crippen molar-refractivity contribution < 1.29 is 19.4 Å². The third kappa shape index (κ3) is 30.5. The molecule has 4 heteroatoms. The number of hydrogen-bond donors (Lipinski definition) is 1. The van der Waals surface area contributed by atoms with Crippen molar-refractivity contribution in [2.24, 2.45) is 0 Å². The number of allylic oxidation sites excluding steroid dienone is 8. The molecule has 4 nitrogen and oxygen atoms in total. The van der Waals surface area contributed by atoms with Gasteiger partial charge in [-0.2, -0.15) is 0 Å². The van der Waals surface area contributed by atoms with Crippen molar-refractivity contribution in [3.63, 3.8) is 0 Å². The standard InChI is InChI=1S/C33H58O4/c1-3-4-5-6-7-8-9-10-11-12-13-14-15-16-17-18-19-20-21-22-23-24-25-26-27-28-29-36-31-33(30-34)37-32(2)35/h4-5,7-8,10-11,13-14,33-34H,3,6,9,12,15-31H2,1-2H3/b5-4-,8-7-,11-10-,14-13-. The first-order valence-electron chi connectivity index (χ1n) is 15.2. The molecule has 0 aromatic heterocycles. The van der Waals surface area contributed by atoms with Crippen LogP contribution in [0.3, 0.4) is 0 Å². The summed E-state index contributed by atoms with van der Waals surface area (Å²) in [5, 5.41) is 9.11. The third-order valence-corrected chi connectivity index (χ3v) is 6.22. The zero-order valence-corrected chi connectivity index (χ0v) is 24.2. The number of unbranched alkanes of at least 4 members (excludes halogenated alkanes) is 13. The summed E-state index contributed by atoms with van der Waals surface area (Å²) in [5.41, 5.74) is 0. The molecule has 0 fully saturated rings. The summed E-state index contributed by atoms with van der Waals surface area (Å²) in [4.78, 5) is 10.9. The van der Waals surface area contributed by atoms with E-state index in [1.54, 1.807) is 0 Å². The zero-order chi connectivity index (χ0) is 27.1. The van der Waals surface area contributed by atoms with Crippen molar-refractivity contribution in [3.05, 3.63) is 48.6 Å². The van der Waals surface area contributed by atoms with E-state index in [9.17, 15) is 4.79 Å². The van der Waals surface area contributed by atoms with E-state index in [4.69, 9.17) is 14.6 Å². The molecule has 1 atom stereocenters. The van der Waals surface area contributed by atoms with Gasteiger partial charge < -0.3 is 14.6 Å². The Labute approximate surface area is 229 Å². The molecule has 0 saturated carbocycles. The van der Waals surface area contributed by atoms with E-state index in [0.717, 1.165) is 32.1 Å². The number of carbonyl (C=O) groups excluding carboxylic acids is 1. The largest absolute Gasteiger partial charge is 0.458 e. The maximum atomic E-state index is 10.9. The molecule has 0 heterocycles. The first-order valence-corrected chi connectivity index (χ1v) is 15.2. The van der Waals surface area contributed by atoms with E-state index < -0.39 is 6.10 Å². The maximum absolute atomic E-state index is 10.9. The van der Waals surface area contributed by atoms with Crippen LogP contribution >= 0.6 is 0 Å². The van der Waals surface area contributed by atoms with Crippen LogP contribution in [0.2, 0.25) is 0 Å². The average molecular weight is 519 g/mol. The summed E-state index contributed by atoms with van der Waals surface area (Å²) in [6.07, 6.45) is 40.2. The Balaban J connectivity index is 3.26. The third-order valence-electron chi connectivity index (χ3n) is 6.22. The quantitative estimate of drug-likeness (QED) is 0.0669. The highest BCUT2D eigenvalue weighted by Gasteiger charge is 2.10. The monoisotopic (exact) mass is 518 g/mol.